The first-order valence-electron chi connectivity index (χ1n) is 7.85. The summed E-state index contributed by atoms with van der Waals surface area (Å²) in [5, 5.41) is 8.75. The molecule has 2 aromatic heterocycles. The summed E-state index contributed by atoms with van der Waals surface area (Å²) < 4.78 is 3.93. The first-order chi connectivity index (χ1) is 11.8. The Kier molecular flexibility index (Phi) is 3.63. The number of hydrogen-bond acceptors (Lipinski definition) is 2. The summed E-state index contributed by atoms with van der Waals surface area (Å²) >= 11 is 0. The van der Waals surface area contributed by atoms with Gasteiger partial charge in [-0.2, -0.15) is 4.57 Å². The zero-order valence-electron chi connectivity index (χ0n) is 13.4. The molecule has 0 fully saturated rings. The van der Waals surface area contributed by atoms with Gasteiger partial charge in [-0.05, 0) is 23.8 Å². The van der Waals surface area contributed by atoms with Crippen LogP contribution in [0.15, 0.2) is 72.9 Å². The van der Waals surface area contributed by atoms with Gasteiger partial charge >= 0.3 is 0 Å². The van der Waals surface area contributed by atoms with E-state index in [4.69, 9.17) is 0 Å². The molecule has 0 saturated carbocycles. The summed E-state index contributed by atoms with van der Waals surface area (Å²) in [4.78, 5) is 0. The van der Waals surface area contributed by atoms with Crippen LogP contribution in [0, 0.1) is 0 Å². The fourth-order valence-electron chi connectivity index (χ4n) is 2.75. The molecule has 0 N–H and O–H groups in total. The molecule has 116 valence electrons. The smallest absolute Gasteiger partial charge is 0.212 e. The molecule has 2 heterocycles. The number of pyridine rings is 1. The highest BCUT2D eigenvalue weighted by molar-refractivity contribution is 5.85. The van der Waals surface area contributed by atoms with E-state index in [0.717, 1.165) is 28.0 Å². The van der Waals surface area contributed by atoms with Crippen LogP contribution in [0.4, 0.5) is 0 Å². The van der Waals surface area contributed by atoms with Crippen LogP contribution >= 0.6 is 0 Å². The molecule has 0 aliphatic carbocycles. The lowest BCUT2D eigenvalue weighted by molar-refractivity contribution is -0.671. The van der Waals surface area contributed by atoms with Crippen molar-refractivity contribution >= 4 is 23.2 Å². The third-order valence-electron chi connectivity index (χ3n) is 4.02. The number of aromatic nitrogens is 4. The molecule has 4 nitrogen and oxygen atoms in total. The van der Waals surface area contributed by atoms with Gasteiger partial charge in [-0.15, -0.1) is 5.10 Å². The minimum atomic E-state index is 0.885. The highest BCUT2D eigenvalue weighted by Crippen LogP contribution is 2.18. The number of fused-ring (bicyclic) bond motifs is 1. The summed E-state index contributed by atoms with van der Waals surface area (Å²) in [5.74, 6) is 0. The molecule has 0 atom stereocenters. The fourth-order valence-corrected chi connectivity index (χ4v) is 2.75. The number of benzene rings is 2. The molecule has 2 aromatic carbocycles. The van der Waals surface area contributed by atoms with Crippen molar-refractivity contribution in [2.24, 2.45) is 7.05 Å². The van der Waals surface area contributed by atoms with Crippen LogP contribution in [0.25, 0.3) is 28.9 Å². The Morgan fingerprint density at radius 1 is 0.875 bits per heavy atom. The maximum atomic E-state index is 4.41. The normalized spacial score (nSPS) is 11.4. The second-order valence-corrected chi connectivity index (χ2v) is 5.63. The minimum Gasteiger partial charge on any atom is -0.212 e. The Morgan fingerprint density at radius 3 is 2.33 bits per heavy atom. The van der Waals surface area contributed by atoms with E-state index in [1.165, 1.54) is 0 Å². The van der Waals surface area contributed by atoms with Gasteiger partial charge in [-0.25, -0.2) is 4.68 Å². The summed E-state index contributed by atoms with van der Waals surface area (Å²) in [7, 11) is 2.02. The van der Waals surface area contributed by atoms with Gasteiger partial charge in [0.05, 0.1) is 5.69 Å². The third kappa shape index (κ3) is 2.58. The molecule has 24 heavy (non-hydrogen) atoms. The maximum absolute atomic E-state index is 4.41. The molecule has 0 aliphatic rings. The van der Waals surface area contributed by atoms with Crippen molar-refractivity contribution in [2.45, 2.75) is 0 Å². The predicted molar refractivity (Wildman–Crippen MR) is 95.4 cm³/mol. The van der Waals surface area contributed by atoms with Crippen molar-refractivity contribution in [3.8, 4) is 5.69 Å². The Bertz CT molecular complexity index is 1000. The van der Waals surface area contributed by atoms with E-state index >= 15 is 0 Å². The van der Waals surface area contributed by atoms with Crippen molar-refractivity contribution in [3.05, 3.63) is 84.2 Å². The van der Waals surface area contributed by atoms with Crippen LogP contribution < -0.4 is 4.57 Å². The zero-order chi connectivity index (χ0) is 16.4. The SMILES string of the molecule is C[n+]1ccc2c(nnn2-c2ccccc2)c1C=Cc1ccccc1. The first kappa shape index (κ1) is 14.3. The molecule has 4 rings (SSSR count). The van der Waals surface area contributed by atoms with Crippen LogP contribution in [0.3, 0.4) is 0 Å². The summed E-state index contributed by atoms with van der Waals surface area (Å²) in [6.07, 6.45) is 6.22. The monoisotopic (exact) mass is 313 g/mol. The van der Waals surface area contributed by atoms with Gasteiger partial charge in [0.15, 0.2) is 11.7 Å². The van der Waals surface area contributed by atoms with Crippen molar-refractivity contribution < 1.29 is 4.57 Å². The molecule has 4 heteroatoms. The second-order valence-electron chi connectivity index (χ2n) is 5.63. The highest BCUT2D eigenvalue weighted by atomic mass is 15.4. The first-order valence-corrected chi connectivity index (χ1v) is 7.85. The average molecular weight is 313 g/mol. The van der Waals surface area contributed by atoms with Crippen molar-refractivity contribution in [1.29, 1.82) is 0 Å². The van der Waals surface area contributed by atoms with E-state index in [1.54, 1.807) is 0 Å². The zero-order valence-corrected chi connectivity index (χ0v) is 13.4. The quantitative estimate of drug-likeness (QED) is 0.543. The van der Waals surface area contributed by atoms with Crippen LogP contribution in [-0.2, 0) is 7.05 Å². The predicted octanol–water partition coefficient (Wildman–Crippen LogP) is 3.42. The Hall–Kier alpha value is -3.27. The van der Waals surface area contributed by atoms with Crippen LogP contribution in [0.2, 0.25) is 0 Å². The number of para-hydroxylation sites is 1. The van der Waals surface area contributed by atoms with Gasteiger partial charge in [0.25, 0.3) is 0 Å². The van der Waals surface area contributed by atoms with Crippen molar-refractivity contribution in [1.82, 2.24) is 15.0 Å². The van der Waals surface area contributed by atoms with E-state index in [9.17, 15) is 0 Å². The van der Waals surface area contributed by atoms with Gasteiger partial charge < -0.3 is 0 Å². The van der Waals surface area contributed by atoms with E-state index in [-0.39, 0.29) is 0 Å². The minimum absolute atomic E-state index is 0.885. The molecule has 0 bridgehead atoms. The van der Waals surface area contributed by atoms with Crippen LogP contribution in [0.5, 0.6) is 0 Å². The van der Waals surface area contributed by atoms with Crippen molar-refractivity contribution in [2.75, 3.05) is 0 Å². The number of aryl methyl sites for hydroxylation is 1. The topological polar surface area (TPSA) is 34.6 Å². The number of hydrogen-bond donors (Lipinski definition) is 0. The third-order valence-corrected chi connectivity index (χ3v) is 4.02. The Morgan fingerprint density at radius 2 is 1.58 bits per heavy atom. The van der Waals surface area contributed by atoms with Gasteiger partial charge in [0, 0.05) is 12.1 Å². The number of rotatable bonds is 3. The summed E-state index contributed by atoms with van der Waals surface area (Å²) in [6.45, 7) is 0. The molecule has 0 amide bonds. The van der Waals surface area contributed by atoms with Crippen molar-refractivity contribution in [3.63, 3.8) is 0 Å². The van der Waals surface area contributed by atoms with E-state index in [2.05, 4.69) is 39.2 Å². The summed E-state index contributed by atoms with van der Waals surface area (Å²) in [6, 6.07) is 22.3. The average Bonchev–Trinajstić information content (AvgIpc) is 3.06. The van der Waals surface area contributed by atoms with Gasteiger partial charge in [-0.3, -0.25) is 0 Å². The van der Waals surface area contributed by atoms with E-state index in [0.29, 0.717) is 0 Å². The fraction of sp³-hybridized carbons (Fsp3) is 0.0500. The molecule has 0 aliphatic heterocycles. The molecular weight excluding hydrogens is 296 g/mol. The lowest BCUT2D eigenvalue weighted by Crippen LogP contribution is -2.31. The maximum Gasteiger partial charge on any atom is 0.235 e. The highest BCUT2D eigenvalue weighted by Gasteiger charge is 2.16. The standard InChI is InChI=1S/C20H17N4/c1-23-15-14-19-20(18(23)13-12-16-8-4-2-5-9-16)21-22-24(19)17-10-6-3-7-11-17/h2-15H,1H3/q+1. The number of nitrogens with zero attached hydrogens (tertiary/aromatic N) is 4. The molecule has 0 spiro atoms. The molecule has 4 aromatic rings. The molecule has 0 unspecified atom stereocenters. The Balaban J connectivity index is 1.83. The largest absolute Gasteiger partial charge is 0.235 e. The molecular formula is C20H17N4+. The van der Waals surface area contributed by atoms with Gasteiger partial charge in [-0.1, -0.05) is 53.7 Å². The second kappa shape index (κ2) is 6.08. The lowest BCUT2D eigenvalue weighted by Gasteiger charge is -2.01. The molecule has 0 radical (unpaired) electrons. The van der Waals surface area contributed by atoms with Gasteiger partial charge in [0.1, 0.15) is 12.6 Å². The summed E-state index contributed by atoms with van der Waals surface area (Å²) in [5.41, 5.74) is 5.07. The molecule has 0 saturated heterocycles. The van der Waals surface area contributed by atoms with E-state index in [1.807, 2.05) is 72.5 Å². The Labute approximate surface area is 140 Å². The van der Waals surface area contributed by atoms with Crippen LogP contribution in [-0.4, -0.2) is 15.0 Å². The van der Waals surface area contributed by atoms with E-state index < -0.39 is 0 Å². The van der Waals surface area contributed by atoms with Gasteiger partial charge in [0.2, 0.25) is 5.69 Å². The lowest BCUT2D eigenvalue weighted by atomic mass is 10.2. The van der Waals surface area contributed by atoms with Crippen LogP contribution in [0.1, 0.15) is 11.3 Å².